The van der Waals surface area contributed by atoms with Crippen molar-refractivity contribution in [2.24, 2.45) is 17.8 Å². The maximum atomic E-state index is 13.0. The van der Waals surface area contributed by atoms with E-state index >= 15 is 0 Å². The molecule has 2 aliphatic carbocycles. The monoisotopic (exact) mass is 404 g/mol. The Bertz CT molecular complexity index is 815. The fourth-order valence-electron chi connectivity index (χ4n) is 5.53. The Morgan fingerprint density at radius 2 is 1.86 bits per heavy atom. The molecule has 0 aromatic heterocycles. The molecule has 1 aliphatic heterocycles. The molecule has 0 radical (unpaired) electrons. The van der Waals surface area contributed by atoms with Gasteiger partial charge in [-0.3, -0.25) is 4.79 Å². The van der Waals surface area contributed by atoms with Crippen molar-refractivity contribution >= 4 is 15.9 Å². The van der Waals surface area contributed by atoms with Crippen LogP contribution in [0.3, 0.4) is 0 Å². The summed E-state index contributed by atoms with van der Waals surface area (Å²) in [7, 11) is -3.54. The minimum atomic E-state index is -3.54. The van der Waals surface area contributed by atoms with Gasteiger partial charge in [0.25, 0.3) is 5.91 Å². The van der Waals surface area contributed by atoms with E-state index in [4.69, 9.17) is 0 Å². The van der Waals surface area contributed by atoms with E-state index in [2.05, 4.69) is 12.2 Å². The Balaban J connectivity index is 1.46. The normalized spacial score (nSPS) is 29.4. The summed E-state index contributed by atoms with van der Waals surface area (Å²) in [6, 6.07) is 6.68. The number of carbonyl (C=O) groups excluding carboxylic acids is 1. The van der Waals surface area contributed by atoms with E-state index in [9.17, 15) is 13.2 Å². The summed E-state index contributed by atoms with van der Waals surface area (Å²) in [5, 5.41) is 3.14. The van der Waals surface area contributed by atoms with Gasteiger partial charge in [-0.2, -0.15) is 4.31 Å². The quantitative estimate of drug-likeness (QED) is 0.812. The number of benzene rings is 1. The smallest absolute Gasteiger partial charge is 0.251 e. The first-order chi connectivity index (χ1) is 13.4. The van der Waals surface area contributed by atoms with Crippen molar-refractivity contribution in [1.82, 2.24) is 9.62 Å². The topological polar surface area (TPSA) is 66.5 Å². The van der Waals surface area contributed by atoms with Gasteiger partial charge in [0.2, 0.25) is 10.0 Å². The van der Waals surface area contributed by atoms with Crippen LogP contribution < -0.4 is 5.32 Å². The number of hydrogen-bond donors (Lipinski definition) is 1. The van der Waals surface area contributed by atoms with E-state index < -0.39 is 10.0 Å². The summed E-state index contributed by atoms with van der Waals surface area (Å²) < 4.78 is 27.6. The molecule has 0 spiro atoms. The molecule has 1 N–H and O–H groups in total. The second kappa shape index (κ2) is 8.15. The van der Waals surface area contributed by atoms with Crippen LogP contribution in [0.15, 0.2) is 29.2 Å². The second-order valence-corrected chi connectivity index (χ2v) is 10.9. The number of nitrogens with zero attached hydrogens (tertiary/aromatic N) is 1. The SMILES string of the molecule is CC(NC(=O)c1cccc(S(=O)(=O)N2CCCCCC2)c1)C1CC2CCC1C2. The van der Waals surface area contributed by atoms with Gasteiger partial charge in [0, 0.05) is 24.7 Å². The Morgan fingerprint density at radius 3 is 2.50 bits per heavy atom. The number of amides is 1. The molecule has 1 saturated heterocycles. The minimum absolute atomic E-state index is 0.133. The van der Waals surface area contributed by atoms with Gasteiger partial charge in [-0.05, 0) is 75.0 Å². The zero-order valence-electron chi connectivity index (χ0n) is 16.8. The lowest BCUT2D eigenvalue weighted by Gasteiger charge is -2.28. The summed E-state index contributed by atoms with van der Waals surface area (Å²) in [5.41, 5.74) is 0.436. The highest BCUT2D eigenvalue weighted by Gasteiger charge is 2.42. The van der Waals surface area contributed by atoms with E-state index in [0.717, 1.165) is 37.5 Å². The van der Waals surface area contributed by atoms with Crippen LogP contribution in [0.2, 0.25) is 0 Å². The predicted octanol–water partition coefficient (Wildman–Crippen LogP) is 3.81. The fraction of sp³-hybridized carbons (Fsp3) is 0.682. The molecule has 1 aromatic rings. The first-order valence-corrected chi connectivity index (χ1v) is 12.3. The molecule has 4 atom stereocenters. The van der Waals surface area contributed by atoms with E-state index in [1.54, 1.807) is 28.6 Å². The molecule has 2 bridgehead atoms. The lowest BCUT2D eigenvalue weighted by Crippen LogP contribution is -2.40. The van der Waals surface area contributed by atoms with Crippen LogP contribution in [0.25, 0.3) is 0 Å². The van der Waals surface area contributed by atoms with Crippen LogP contribution in [0, 0.1) is 17.8 Å². The zero-order valence-corrected chi connectivity index (χ0v) is 17.6. The van der Waals surface area contributed by atoms with Crippen molar-refractivity contribution in [1.29, 1.82) is 0 Å². The first kappa shape index (κ1) is 19.9. The van der Waals surface area contributed by atoms with Gasteiger partial charge in [-0.1, -0.05) is 25.3 Å². The maximum absolute atomic E-state index is 13.0. The summed E-state index contributed by atoms with van der Waals surface area (Å²) in [5.74, 6) is 1.99. The Labute approximate surface area is 168 Å². The van der Waals surface area contributed by atoms with Crippen molar-refractivity contribution in [2.75, 3.05) is 13.1 Å². The molecule has 3 fully saturated rings. The third kappa shape index (κ3) is 3.99. The van der Waals surface area contributed by atoms with E-state index in [-0.39, 0.29) is 16.8 Å². The predicted molar refractivity (Wildman–Crippen MR) is 110 cm³/mol. The van der Waals surface area contributed by atoms with E-state index in [1.165, 1.54) is 25.7 Å². The largest absolute Gasteiger partial charge is 0.349 e. The molecular formula is C22H32N2O3S. The average molecular weight is 405 g/mol. The first-order valence-electron chi connectivity index (χ1n) is 10.9. The highest BCUT2D eigenvalue weighted by atomic mass is 32.2. The highest BCUT2D eigenvalue weighted by Crippen LogP contribution is 2.49. The number of carbonyl (C=O) groups is 1. The van der Waals surface area contributed by atoms with Gasteiger partial charge in [-0.25, -0.2) is 8.42 Å². The van der Waals surface area contributed by atoms with Crippen LogP contribution in [-0.4, -0.2) is 37.8 Å². The van der Waals surface area contributed by atoms with Crippen LogP contribution >= 0.6 is 0 Å². The van der Waals surface area contributed by atoms with Crippen LogP contribution in [0.4, 0.5) is 0 Å². The number of hydrogen-bond acceptors (Lipinski definition) is 3. The summed E-state index contributed by atoms with van der Waals surface area (Å²) in [4.78, 5) is 13.0. The van der Waals surface area contributed by atoms with E-state index in [1.807, 2.05) is 0 Å². The van der Waals surface area contributed by atoms with Crippen molar-refractivity contribution < 1.29 is 13.2 Å². The molecule has 6 heteroatoms. The van der Waals surface area contributed by atoms with Crippen molar-refractivity contribution in [3.8, 4) is 0 Å². The molecule has 1 amide bonds. The molecule has 1 heterocycles. The Hall–Kier alpha value is -1.40. The van der Waals surface area contributed by atoms with Gasteiger partial charge < -0.3 is 5.32 Å². The van der Waals surface area contributed by atoms with E-state index in [0.29, 0.717) is 24.6 Å². The number of nitrogens with one attached hydrogen (secondary N) is 1. The van der Waals surface area contributed by atoms with Crippen molar-refractivity contribution in [3.63, 3.8) is 0 Å². The average Bonchev–Trinajstić information content (AvgIpc) is 3.22. The standard InChI is InChI=1S/C22H32N2O3S/c1-16(21-14-17-9-10-18(21)13-17)23-22(25)19-7-6-8-20(15-19)28(26,27)24-11-4-2-3-5-12-24/h6-8,15-18,21H,2-5,9-14H2,1H3,(H,23,25). The Morgan fingerprint density at radius 1 is 1.11 bits per heavy atom. The van der Waals surface area contributed by atoms with Gasteiger partial charge in [0.05, 0.1) is 4.90 Å². The third-order valence-corrected chi connectivity index (χ3v) is 8.99. The fourth-order valence-corrected chi connectivity index (χ4v) is 7.10. The molecule has 2 saturated carbocycles. The number of sulfonamides is 1. The lowest BCUT2D eigenvalue weighted by atomic mass is 9.84. The molecule has 3 aliphatic rings. The summed E-state index contributed by atoms with van der Waals surface area (Å²) in [6.45, 7) is 3.24. The van der Waals surface area contributed by atoms with Crippen molar-refractivity contribution in [3.05, 3.63) is 29.8 Å². The highest BCUT2D eigenvalue weighted by molar-refractivity contribution is 7.89. The van der Waals surface area contributed by atoms with Crippen LogP contribution in [0.1, 0.15) is 68.6 Å². The van der Waals surface area contributed by atoms with Crippen molar-refractivity contribution in [2.45, 2.75) is 69.2 Å². The second-order valence-electron chi connectivity index (χ2n) is 8.95. The summed E-state index contributed by atoms with van der Waals surface area (Å²) in [6.07, 6.45) is 9.13. The maximum Gasteiger partial charge on any atom is 0.251 e. The molecule has 154 valence electrons. The molecule has 4 rings (SSSR count). The van der Waals surface area contributed by atoms with Gasteiger partial charge in [0.15, 0.2) is 0 Å². The minimum Gasteiger partial charge on any atom is -0.349 e. The molecule has 1 aromatic carbocycles. The van der Waals surface area contributed by atoms with Crippen LogP contribution in [-0.2, 0) is 10.0 Å². The molecule has 5 nitrogen and oxygen atoms in total. The summed E-state index contributed by atoms with van der Waals surface area (Å²) >= 11 is 0. The molecule has 4 unspecified atom stereocenters. The van der Waals surface area contributed by atoms with Crippen LogP contribution in [0.5, 0.6) is 0 Å². The number of fused-ring (bicyclic) bond motifs is 2. The Kier molecular flexibility index (Phi) is 5.79. The van der Waals surface area contributed by atoms with Gasteiger partial charge in [-0.15, -0.1) is 0 Å². The zero-order chi connectivity index (χ0) is 19.7. The lowest BCUT2D eigenvalue weighted by molar-refractivity contribution is 0.0915. The van der Waals surface area contributed by atoms with Gasteiger partial charge in [0.1, 0.15) is 0 Å². The molecular weight excluding hydrogens is 372 g/mol. The third-order valence-electron chi connectivity index (χ3n) is 7.09. The molecule has 28 heavy (non-hydrogen) atoms. The number of rotatable bonds is 5. The van der Waals surface area contributed by atoms with Gasteiger partial charge >= 0.3 is 0 Å².